The molecule has 2 heterocycles. The molecule has 0 atom stereocenters. The number of carbonyl (C=O) groups is 1. The van der Waals surface area contributed by atoms with E-state index in [0.717, 1.165) is 4.88 Å². The highest BCUT2D eigenvalue weighted by atomic mass is 35.5. The molecule has 0 saturated heterocycles. The Labute approximate surface area is 102 Å². The van der Waals surface area contributed by atoms with Crippen LogP contribution in [0.25, 0.3) is 0 Å². The Morgan fingerprint density at radius 3 is 2.81 bits per heavy atom. The molecular formula is C11H9ClN2OS. The van der Waals surface area contributed by atoms with Crippen molar-refractivity contribution < 1.29 is 4.79 Å². The zero-order chi connectivity index (χ0) is 11.7. The normalized spacial score (nSPS) is 10.4. The second-order valence-corrected chi connectivity index (χ2v) is 4.95. The van der Waals surface area contributed by atoms with Gasteiger partial charge in [-0.15, -0.1) is 11.3 Å². The molecule has 0 fully saturated rings. The molecule has 0 aliphatic heterocycles. The monoisotopic (exact) mass is 252 g/mol. The summed E-state index contributed by atoms with van der Waals surface area (Å²) in [6.07, 6.45) is 1.54. The lowest BCUT2D eigenvalue weighted by Gasteiger charge is -2.01. The average Bonchev–Trinajstić information content (AvgIpc) is 2.58. The second kappa shape index (κ2) is 4.23. The van der Waals surface area contributed by atoms with Gasteiger partial charge in [0.25, 0.3) is 0 Å². The number of hydrogen-bond donors (Lipinski definition) is 1. The molecule has 82 valence electrons. The van der Waals surface area contributed by atoms with Gasteiger partial charge in [-0.05, 0) is 25.1 Å². The minimum atomic E-state index is -0.181. The lowest BCUT2D eigenvalue weighted by atomic mass is 10.1. The molecule has 0 bridgehead atoms. The van der Waals surface area contributed by atoms with Crippen LogP contribution in [0.2, 0.25) is 5.15 Å². The Morgan fingerprint density at radius 2 is 2.25 bits per heavy atom. The van der Waals surface area contributed by atoms with Crippen LogP contribution in [0.15, 0.2) is 24.4 Å². The minimum Gasteiger partial charge on any atom is -0.390 e. The Morgan fingerprint density at radius 1 is 1.50 bits per heavy atom. The van der Waals surface area contributed by atoms with Crippen molar-refractivity contribution in [3.8, 4) is 0 Å². The fraction of sp³-hybridized carbons (Fsp3) is 0.0909. The molecule has 0 saturated carbocycles. The van der Waals surface area contributed by atoms with E-state index in [-0.39, 0.29) is 10.9 Å². The molecule has 0 aliphatic rings. The SMILES string of the molecule is Cc1cc(C(=O)c2cccnc2Cl)c(N)s1. The van der Waals surface area contributed by atoms with Crippen LogP contribution in [0.1, 0.15) is 20.8 Å². The largest absolute Gasteiger partial charge is 0.390 e. The number of ketones is 1. The Kier molecular flexibility index (Phi) is 2.94. The maximum absolute atomic E-state index is 12.1. The van der Waals surface area contributed by atoms with Crippen LogP contribution in [0.3, 0.4) is 0 Å². The summed E-state index contributed by atoms with van der Waals surface area (Å²) >= 11 is 7.25. The Balaban J connectivity index is 2.47. The molecule has 0 radical (unpaired) electrons. The van der Waals surface area contributed by atoms with Crippen LogP contribution in [0.4, 0.5) is 5.00 Å². The molecule has 3 nitrogen and oxygen atoms in total. The van der Waals surface area contributed by atoms with Gasteiger partial charge in [-0.25, -0.2) is 4.98 Å². The highest BCUT2D eigenvalue weighted by Gasteiger charge is 2.17. The van der Waals surface area contributed by atoms with Gasteiger partial charge in [0.05, 0.1) is 16.1 Å². The predicted octanol–water partition coefficient (Wildman–Crippen LogP) is 2.92. The first-order valence-corrected chi connectivity index (χ1v) is 5.80. The molecule has 0 amide bonds. The predicted molar refractivity (Wildman–Crippen MR) is 66.1 cm³/mol. The molecule has 0 aliphatic carbocycles. The van der Waals surface area contributed by atoms with Crippen molar-refractivity contribution >= 4 is 33.7 Å². The van der Waals surface area contributed by atoms with Crippen molar-refractivity contribution in [2.45, 2.75) is 6.92 Å². The van der Waals surface area contributed by atoms with E-state index in [1.54, 1.807) is 24.4 Å². The number of nitrogens with zero attached hydrogens (tertiary/aromatic N) is 1. The number of aromatic nitrogens is 1. The highest BCUT2D eigenvalue weighted by molar-refractivity contribution is 7.16. The molecule has 5 heteroatoms. The summed E-state index contributed by atoms with van der Waals surface area (Å²) in [6, 6.07) is 5.09. The number of carbonyl (C=O) groups excluding carboxylic acids is 1. The van der Waals surface area contributed by atoms with Gasteiger partial charge in [0, 0.05) is 11.1 Å². The first kappa shape index (κ1) is 11.1. The summed E-state index contributed by atoms with van der Waals surface area (Å²) in [5.74, 6) is -0.181. The number of aryl methyl sites for hydroxylation is 1. The third kappa shape index (κ3) is 1.94. The number of rotatable bonds is 2. The summed E-state index contributed by atoms with van der Waals surface area (Å²) in [7, 11) is 0. The molecule has 0 unspecified atom stereocenters. The van der Waals surface area contributed by atoms with Gasteiger partial charge < -0.3 is 5.73 Å². The van der Waals surface area contributed by atoms with Crippen molar-refractivity contribution in [1.82, 2.24) is 4.98 Å². The van der Waals surface area contributed by atoms with Gasteiger partial charge >= 0.3 is 0 Å². The van der Waals surface area contributed by atoms with Gasteiger partial charge in [0.15, 0.2) is 5.78 Å². The molecule has 2 aromatic rings. The Bertz CT molecular complexity index is 551. The van der Waals surface area contributed by atoms with Crippen molar-refractivity contribution in [1.29, 1.82) is 0 Å². The maximum Gasteiger partial charge on any atom is 0.199 e. The number of nitrogen functional groups attached to an aromatic ring is 1. The van der Waals surface area contributed by atoms with Gasteiger partial charge in [0.2, 0.25) is 0 Å². The quantitative estimate of drug-likeness (QED) is 0.660. The van der Waals surface area contributed by atoms with Gasteiger partial charge in [-0.1, -0.05) is 11.6 Å². The summed E-state index contributed by atoms with van der Waals surface area (Å²) in [6.45, 7) is 1.91. The van der Waals surface area contributed by atoms with Gasteiger partial charge in [-0.3, -0.25) is 4.79 Å². The topological polar surface area (TPSA) is 56.0 Å². The minimum absolute atomic E-state index is 0.181. The van der Waals surface area contributed by atoms with Crippen LogP contribution in [0.5, 0.6) is 0 Å². The van der Waals surface area contributed by atoms with E-state index < -0.39 is 0 Å². The van der Waals surface area contributed by atoms with Crippen LogP contribution in [0, 0.1) is 6.92 Å². The third-order valence-electron chi connectivity index (χ3n) is 2.13. The number of halogens is 1. The van der Waals surface area contributed by atoms with Crippen LogP contribution < -0.4 is 5.73 Å². The summed E-state index contributed by atoms with van der Waals surface area (Å²) < 4.78 is 0. The summed E-state index contributed by atoms with van der Waals surface area (Å²) in [4.78, 5) is 17.0. The standard InChI is InChI=1S/C11H9ClN2OS/c1-6-5-8(11(13)16-6)9(15)7-3-2-4-14-10(7)12/h2-5H,13H2,1H3. The van der Waals surface area contributed by atoms with E-state index >= 15 is 0 Å². The Hall–Kier alpha value is -1.39. The lowest BCUT2D eigenvalue weighted by Crippen LogP contribution is -2.04. The van der Waals surface area contributed by atoms with Crippen LogP contribution >= 0.6 is 22.9 Å². The molecule has 0 aromatic carbocycles. The molecule has 2 rings (SSSR count). The van der Waals surface area contributed by atoms with E-state index in [4.69, 9.17) is 17.3 Å². The van der Waals surface area contributed by atoms with E-state index in [0.29, 0.717) is 16.1 Å². The average molecular weight is 253 g/mol. The molecule has 0 spiro atoms. The zero-order valence-electron chi connectivity index (χ0n) is 8.53. The lowest BCUT2D eigenvalue weighted by molar-refractivity contribution is 0.103. The van der Waals surface area contributed by atoms with E-state index in [1.165, 1.54) is 11.3 Å². The highest BCUT2D eigenvalue weighted by Crippen LogP contribution is 2.27. The fourth-order valence-corrected chi connectivity index (χ4v) is 2.40. The van der Waals surface area contributed by atoms with E-state index in [9.17, 15) is 4.79 Å². The summed E-state index contributed by atoms with van der Waals surface area (Å²) in [5.41, 5.74) is 6.64. The van der Waals surface area contributed by atoms with Gasteiger partial charge in [-0.2, -0.15) is 0 Å². The van der Waals surface area contributed by atoms with Gasteiger partial charge in [0.1, 0.15) is 5.15 Å². The smallest absolute Gasteiger partial charge is 0.199 e. The molecule has 16 heavy (non-hydrogen) atoms. The summed E-state index contributed by atoms with van der Waals surface area (Å²) in [5, 5.41) is 0.721. The van der Waals surface area contributed by atoms with Crippen molar-refractivity contribution in [3.05, 3.63) is 45.6 Å². The number of nitrogens with two attached hydrogens (primary N) is 1. The molecule has 2 N–H and O–H groups in total. The van der Waals surface area contributed by atoms with Crippen molar-refractivity contribution in [3.63, 3.8) is 0 Å². The van der Waals surface area contributed by atoms with Crippen molar-refractivity contribution in [2.24, 2.45) is 0 Å². The van der Waals surface area contributed by atoms with E-state index in [1.807, 2.05) is 6.92 Å². The van der Waals surface area contributed by atoms with Crippen LogP contribution in [-0.4, -0.2) is 10.8 Å². The number of anilines is 1. The van der Waals surface area contributed by atoms with E-state index in [2.05, 4.69) is 4.98 Å². The van der Waals surface area contributed by atoms with Crippen LogP contribution in [-0.2, 0) is 0 Å². The number of hydrogen-bond acceptors (Lipinski definition) is 4. The first-order valence-electron chi connectivity index (χ1n) is 4.60. The zero-order valence-corrected chi connectivity index (χ0v) is 10.1. The van der Waals surface area contributed by atoms with Crippen molar-refractivity contribution in [2.75, 3.05) is 5.73 Å². The number of thiophene rings is 1. The first-order chi connectivity index (χ1) is 7.59. The second-order valence-electron chi connectivity index (χ2n) is 3.31. The fourth-order valence-electron chi connectivity index (χ4n) is 1.41. The maximum atomic E-state index is 12.1. The number of pyridine rings is 1. The molecule has 2 aromatic heterocycles. The third-order valence-corrected chi connectivity index (χ3v) is 3.31. The molecular weight excluding hydrogens is 244 g/mol.